The van der Waals surface area contributed by atoms with Crippen molar-refractivity contribution in [2.45, 2.75) is 6.61 Å². The van der Waals surface area contributed by atoms with Crippen LogP contribution in [-0.4, -0.2) is 11.3 Å². The highest BCUT2D eigenvalue weighted by Gasteiger charge is 2.02. The standard InChI is InChI=1S/C13H10ClNO2/c14-13-6-12(4-3-11(13)8-16)17-9-10-2-1-5-15-7-10/h1-8H,9H2. The maximum atomic E-state index is 10.6. The lowest BCUT2D eigenvalue weighted by molar-refractivity contribution is 0.112. The predicted molar refractivity (Wildman–Crippen MR) is 65.4 cm³/mol. The molecule has 0 saturated carbocycles. The van der Waals surface area contributed by atoms with E-state index in [2.05, 4.69) is 4.98 Å². The van der Waals surface area contributed by atoms with Gasteiger partial charge in [0.15, 0.2) is 6.29 Å². The third-order valence-electron chi connectivity index (χ3n) is 2.23. The number of aldehydes is 1. The molecule has 0 N–H and O–H groups in total. The van der Waals surface area contributed by atoms with Gasteiger partial charge in [-0.3, -0.25) is 9.78 Å². The highest BCUT2D eigenvalue weighted by Crippen LogP contribution is 2.21. The number of nitrogens with zero attached hydrogens (tertiary/aromatic N) is 1. The summed E-state index contributed by atoms with van der Waals surface area (Å²) in [7, 11) is 0. The van der Waals surface area contributed by atoms with Crippen molar-refractivity contribution in [2.75, 3.05) is 0 Å². The highest BCUT2D eigenvalue weighted by atomic mass is 35.5. The SMILES string of the molecule is O=Cc1ccc(OCc2cccnc2)cc1Cl. The topological polar surface area (TPSA) is 39.2 Å². The summed E-state index contributed by atoms with van der Waals surface area (Å²) in [5, 5.41) is 0.392. The molecule has 2 rings (SSSR count). The molecule has 0 amide bonds. The number of hydrogen-bond acceptors (Lipinski definition) is 3. The van der Waals surface area contributed by atoms with Crippen LogP contribution in [0.1, 0.15) is 15.9 Å². The van der Waals surface area contributed by atoms with Crippen molar-refractivity contribution in [3.8, 4) is 5.75 Å². The quantitative estimate of drug-likeness (QED) is 0.780. The molecule has 1 heterocycles. The number of carbonyl (C=O) groups excluding carboxylic acids is 1. The Kier molecular flexibility index (Phi) is 3.73. The molecule has 4 heteroatoms. The first-order valence-electron chi connectivity index (χ1n) is 5.06. The van der Waals surface area contributed by atoms with Gasteiger partial charge in [-0.1, -0.05) is 17.7 Å². The minimum atomic E-state index is 0.392. The predicted octanol–water partition coefficient (Wildman–Crippen LogP) is 3.13. The fourth-order valence-electron chi connectivity index (χ4n) is 1.34. The van der Waals surface area contributed by atoms with E-state index in [-0.39, 0.29) is 0 Å². The first-order chi connectivity index (χ1) is 8.29. The number of aromatic nitrogens is 1. The van der Waals surface area contributed by atoms with Crippen LogP contribution in [0.3, 0.4) is 0 Å². The normalized spacial score (nSPS) is 9.94. The molecule has 1 aromatic heterocycles. The Labute approximate surface area is 104 Å². The molecule has 1 aromatic carbocycles. The minimum absolute atomic E-state index is 0.392. The molecule has 0 aliphatic heterocycles. The van der Waals surface area contributed by atoms with Gasteiger partial charge < -0.3 is 4.74 Å². The maximum absolute atomic E-state index is 10.6. The zero-order valence-electron chi connectivity index (χ0n) is 8.97. The molecule has 3 nitrogen and oxygen atoms in total. The van der Waals surface area contributed by atoms with Crippen LogP contribution in [0.4, 0.5) is 0 Å². The zero-order chi connectivity index (χ0) is 12.1. The van der Waals surface area contributed by atoms with Gasteiger partial charge in [0, 0.05) is 23.5 Å². The Hall–Kier alpha value is -1.87. The van der Waals surface area contributed by atoms with Crippen LogP contribution < -0.4 is 4.74 Å². The molecule has 0 fully saturated rings. The van der Waals surface area contributed by atoms with Crippen LogP contribution in [0.15, 0.2) is 42.7 Å². The van der Waals surface area contributed by atoms with Crippen LogP contribution in [0.25, 0.3) is 0 Å². The second-order valence-electron chi connectivity index (χ2n) is 3.45. The molecular formula is C13H10ClNO2. The summed E-state index contributed by atoms with van der Waals surface area (Å²) >= 11 is 5.89. The van der Waals surface area contributed by atoms with Crippen molar-refractivity contribution >= 4 is 17.9 Å². The maximum Gasteiger partial charge on any atom is 0.151 e. The van der Waals surface area contributed by atoms with Gasteiger partial charge in [-0.15, -0.1) is 0 Å². The van der Waals surface area contributed by atoms with E-state index in [1.165, 1.54) is 0 Å². The van der Waals surface area contributed by atoms with Crippen molar-refractivity contribution < 1.29 is 9.53 Å². The number of benzene rings is 1. The lowest BCUT2D eigenvalue weighted by atomic mass is 10.2. The number of pyridine rings is 1. The van der Waals surface area contributed by atoms with Gasteiger partial charge in [-0.2, -0.15) is 0 Å². The van der Waals surface area contributed by atoms with Crippen molar-refractivity contribution in [1.29, 1.82) is 0 Å². The third kappa shape index (κ3) is 3.04. The number of rotatable bonds is 4. The van der Waals surface area contributed by atoms with Crippen molar-refractivity contribution in [3.05, 3.63) is 58.9 Å². The summed E-state index contributed by atoms with van der Waals surface area (Å²) in [6.45, 7) is 0.421. The lowest BCUT2D eigenvalue weighted by Gasteiger charge is -2.06. The second-order valence-corrected chi connectivity index (χ2v) is 3.86. The zero-order valence-corrected chi connectivity index (χ0v) is 9.72. The van der Waals surface area contributed by atoms with E-state index in [0.29, 0.717) is 29.2 Å². The van der Waals surface area contributed by atoms with E-state index in [1.807, 2.05) is 12.1 Å². The summed E-state index contributed by atoms with van der Waals surface area (Å²) in [5.74, 6) is 0.629. The monoisotopic (exact) mass is 247 g/mol. The van der Waals surface area contributed by atoms with Crippen LogP contribution in [0.2, 0.25) is 5.02 Å². The van der Waals surface area contributed by atoms with Gasteiger partial charge in [0.05, 0.1) is 5.02 Å². The van der Waals surface area contributed by atoms with Crippen molar-refractivity contribution in [3.63, 3.8) is 0 Å². The van der Waals surface area contributed by atoms with Crippen LogP contribution in [0.5, 0.6) is 5.75 Å². The first kappa shape index (κ1) is 11.6. The van der Waals surface area contributed by atoms with Gasteiger partial charge in [0.25, 0.3) is 0 Å². The summed E-state index contributed by atoms with van der Waals surface area (Å²) in [6.07, 6.45) is 4.16. The fourth-order valence-corrected chi connectivity index (χ4v) is 1.56. The average molecular weight is 248 g/mol. The van der Waals surface area contributed by atoms with E-state index >= 15 is 0 Å². The molecule has 0 bridgehead atoms. The van der Waals surface area contributed by atoms with Gasteiger partial charge in [0.2, 0.25) is 0 Å². The van der Waals surface area contributed by atoms with Crippen molar-refractivity contribution in [1.82, 2.24) is 4.98 Å². The summed E-state index contributed by atoms with van der Waals surface area (Å²) in [4.78, 5) is 14.6. The third-order valence-corrected chi connectivity index (χ3v) is 2.55. The molecule has 0 aliphatic carbocycles. The molecular weight excluding hydrogens is 238 g/mol. The summed E-state index contributed by atoms with van der Waals surface area (Å²) < 4.78 is 5.53. The summed E-state index contributed by atoms with van der Waals surface area (Å²) in [5.41, 5.74) is 1.43. The number of carbonyl (C=O) groups is 1. The van der Waals surface area contributed by atoms with E-state index in [9.17, 15) is 4.79 Å². The molecule has 0 spiro atoms. The first-order valence-corrected chi connectivity index (χ1v) is 5.44. The molecule has 2 aromatic rings. The average Bonchev–Trinajstić information content (AvgIpc) is 2.38. The smallest absolute Gasteiger partial charge is 0.151 e. The molecule has 0 unspecified atom stereocenters. The number of hydrogen-bond donors (Lipinski definition) is 0. The molecule has 17 heavy (non-hydrogen) atoms. The molecule has 0 saturated heterocycles. The van der Waals surface area contributed by atoms with Crippen molar-refractivity contribution in [2.24, 2.45) is 0 Å². The van der Waals surface area contributed by atoms with Crippen LogP contribution in [-0.2, 0) is 6.61 Å². The molecule has 86 valence electrons. The Bertz CT molecular complexity index is 514. The Morgan fingerprint density at radius 2 is 2.24 bits per heavy atom. The van der Waals surface area contributed by atoms with Gasteiger partial charge in [-0.25, -0.2) is 0 Å². The Morgan fingerprint density at radius 3 is 2.88 bits per heavy atom. The van der Waals surface area contributed by atoms with E-state index in [4.69, 9.17) is 16.3 Å². The van der Waals surface area contributed by atoms with Crippen LogP contribution >= 0.6 is 11.6 Å². The highest BCUT2D eigenvalue weighted by molar-refractivity contribution is 6.33. The second kappa shape index (κ2) is 5.46. The fraction of sp³-hybridized carbons (Fsp3) is 0.0769. The molecule has 0 atom stereocenters. The number of halogens is 1. The number of ether oxygens (including phenoxy) is 1. The van der Waals surface area contributed by atoms with Gasteiger partial charge >= 0.3 is 0 Å². The van der Waals surface area contributed by atoms with Crippen LogP contribution in [0, 0.1) is 0 Å². The summed E-state index contributed by atoms with van der Waals surface area (Å²) in [6, 6.07) is 8.75. The largest absolute Gasteiger partial charge is 0.489 e. The Morgan fingerprint density at radius 1 is 1.35 bits per heavy atom. The Balaban J connectivity index is 2.05. The molecule has 0 radical (unpaired) electrons. The van der Waals surface area contributed by atoms with E-state index < -0.39 is 0 Å². The van der Waals surface area contributed by atoms with Gasteiger partial charge in [-0.05, 0) is 24.3 Å². The van der Waals surface area contributed by atoms with Gasteiger partial charge in [0.1, 0.15) is 12.4 Å². The minimum Gasteiger partial charge on any atom is -0.489 e. The molecule has 0 aliphatic rings. The van der Waals surface area contributed by atoms with E-state index in [1.54, 1.807) is 30.6 Å². The van der Waals surface area contributed by atoms with E-state index in [0.717, 1.165) is 5.56 Å². The lowest BCUT2D eigenvalue weighted by Crippen LogP contribution is -1.96.